The summed E-state index contributed by atoms with van der Waals surface area (Å²) in [7, 11) is 1.69. The van der Waals surface area contributed by atoms with E-state index in [4.69, 9.17) is 5.73 Å². The largest absolute Gasteiger partial charge is 0.394 e. The Morgan fingerprint density at radius 2 is 1.90 bits per heavy atom. The highest BCUT2D eigenvalue weighted by molar-refractivity contribution is 5.94. The Kier molecular flexibility index (Phi) is 4.26. The summed E-state index contributed by atoms with van der Waals surface area (Å²) < 4.78 is 26.9. The summed E-state index contributed by atoms with van der Waals surface area (Å²) in [4.78, 5) is 13.9. The van der Waals surface area contributed by atoms with Crippen molar-refractivity contribution in [1.29, 1.82) is 0 Å². The molecular formula is C15H20F2N2O. The molecule has 1 aromatic carbocycles. The number of hydrogen-bond acceptors (Lipinski definition) is 2. The molecule has 110 valence electrons. The van der Waals surface area contributed by atoms with Crippen LogP contribution in [0.25, 0.3) is 0 Å². The molecule has 2 unspecified atom stereocenters. The molecule has 1 amide bonds. The lowest BCUT2D eigenvalue weighted by Gasteiger charge is -2.34. The standard InChI is InChI=1S/C15H20F2N2O/c1-9-4-3-5-11(6-9)19(2)15(20)10-7-12(16)14(18)13(17)8-10/h7-9,11H,3-6,18H2,1-2H3. The van der Waals surface area contributed by atoms with Crippen LogP contribution in [0.1, 0.15) is 43.0 Å². The van der Waals surface area contributed by atoms with Gasteiger partial charge in [-0.05, 0) is 30.9 Å². The zero-order chi connectivity index (χ0) is 14.9. The lowest BCUT2D eigenvalue weighted by molar-refractivity contribution is 0.0671. The summed E-state index contributed by atoms with van der Waals surface area (Å²) >= 11 is 0. The summed E-state index contributed by atoms with van der Waals surface area (Å²) in [6.07, 6.45) is 4.12. The van der Waals surface area contributed by atoms with Gasteiger partial charge >= 0.3 is 0 Å². The number of nitrogens with two attached hydrogens (primary N) is 1. The van der Waals surface area contributed by atoms with Crippen molar-refractivity contribution in [1.82, 2.24) is 4.90 Å². The van der Waals surface area contributed by atoms with Gasteiger partial charge in [0.05, 0.1) is 0 Å². The number of rotatable bonds is 2. The predicted molar refractivity (Wildman–Crippen MR) is 74.3 cm³/mol. The van der Waals surface area contributed by atoms with Crippen molar-refractivity contribution < 1.29 is 13.6 Å². The molecular weight excluding hydrogens is 262 g/mol. The Hall–Kier alpha value is -1.65. The van der Waals surface area contributed by atoms with Crippen LogP contribution in [0.4, 0.5) is 14.5 Å². The highest BCUT2D eigenvalue weighted by atomic mass is 19.1. The van der Waals surface area contributed by atoms with E-state index in [0.717, 1.165) is 31.4 Å². The highest BCUT2D eigenvalue weighted by Gasteiger charge is 2.26. The fourth-order valence-corrected chi connectivity index (χ4v) is 2.83. The first-order valence-electron chi connectivity index (χ1n) is 6.91. The zero-order valence-electron chi connectivity index (χ0n) is 11.8. The van der Waals surface area contributed by atoms with Gasteiger partial charge in [-0.3, -0.25) is 4.79 Å². The summed E-state index contributed by atoms with van der Waals surface area (Å²) in [6.45, 7) is 2.16. The second-order valence-electron chi connectivity index (χ2n) is 5.70. The van der Waals surface area contributed by atoms with Gasteiger partial charge in [0.15, 0.2) is 0 Å². The van der Waals surface area contributed by atoms with Crippen LogP contribution in [0.5, 0.6) is 0 Å². The van der Waals surface area contributed by atoms with Gasteiger partial charge in [0, 0.05) is 18.7 Å². The fraction of sp³-hybridized carbons (Fsp3) is 0.533. The summed E-state index contributed by atoms with van der Waals surface area (Å²) in [5.74, 6) is -1.57. The normalized spacial score (nSPS) is 22.6. The van der Waals surface area contributed by atoms with E-state index in [9.17, 15) is 13.6 Å². The van der Waals surface area contributed by atoms with E-state index in [0.29, 0.717) is 5.92 Å². The van der Waals surface area contributed by atoms with Crippen LogP contribution in [0.2, 0.25) is 0 Å². The fourth-order valence-electron chi connectivity index (χ4n) is 2.83. The van der Waals surface area contributed by atoms with Crippen LogP contribution in [0.15, 0.2) is 12.1 Å². The number of halogens is 2. The van der Waals surface area contributed by atoms with E-state index < -0.39 is 17.3 Å². The number of benzene rings is 1. The lowest BCUT2D eigenvalue weighted by atomic mass is 9.86. The number of nitrogen functional groups attached to an aromatic ring is 1. The van der Waals surface area contributed by atoms with E-state index in [1.165, 1.54) is 6.42 Å². The van der Waals surface area contributed by atoms with Gasteiger partial charge in [-0.1, -0.05) is 19.8 Å². The maximum Gasteiger partial charge on any atom is 0.254 e. The monoisotopic (exact) mass is 282 g/mol. The van der Waals surface area contributed by atoms with E-state index in [2.05, 4.69) is 6.92 Å². The number of amides is 1. The van der Waals surface area contributed by atoms with Gasteiger partial charge in [-0.25, -0.2) is 8.78 Å². The van der Waals surface area contributed by atoms with Crippen LogP contribution in [0, 0.1) is 17.6 Å². The molecule has 1 aliphatic carbocycles. The van der Waals surface area contributed by atoms with E-state index in [-0.39, 0.29) is 17.5 Å². The van der Waals surface area contributed by atoms with Crippen LogP contribution < -0.4 is 5.73 Å². The number of hydrogen-bond donors (Lipinski definition) is 1. The van der Waals surface area contributed by atoms with Crippen molar-refractivity contribution in [3.63, 3.8) is 0 Å². The molecule has 2 rings (SSSR count). The Morgan fingerprint density at radius 1 is 1.30 bits per heavy atom. The van der Waals surface area contributed by atoms with E-state index in [1.807, 2.05) is 0 Å². The minimum atomic E-state index is -0.890. The van der Waals surface area contributed by atoms with Crippen molar-refractivity contribution in [2.45, 2.75) is 38.6 Å². The summed E-state index contributed by atoms with van der Waals surface area (Å²) in [5, 5.41) is 0. The first kappa shape index (κ1) is 14.8. The Bertz CT molecular complexity index is 496. The molecule has 1 saturated carbocycles. The van der Waals surface area contributed by atoms with Gasteiger partial charge in [-0.2, -0.15) is 0 Å². The first-order valence-corrected chi connectivity index (χ1v) is 6.91. The molecule has 0 radical (unpaired) electrons. The molecule has 0 spiro atoms. The Balaban J connectivity index is 2.18. The van der Waals surface area contributed by atoms with Gasteiger partial charge < -0.3 is 10.6 Å². The molecule has 0 saturated heterocycles. The van der Waals surface area contributed by atoms with Gasteiger partial charge in [-0.15, -0.1) is 0 Å². The second-order valence-corrected chi connectivity index (χ2v) is 5.70. The molecule has 2 N–H and O–H groups in total. The zero-order valence-corrected chi connectivity index (χ0v) is 11.8. The van der Waals surface area contributed by atoms with Crippen molar-refractivity contribution >= 4 is 11.6 Å². The molecule has 1 aromatic rings. The SMILES string of the molecule is CC1CCCC(N(C)C(=O)c2cc(F)c(N)c(F)c2)C1. The topological polar surface area (TPSA) is 46.3 Å². The molecule has 0 aliphatic heterocycles. The molecule has 0 bridgehead atoms. The highest BCUT2D eigenvalue weighted by Crippen LogP contribution is 2.28. The van der Waals surface area contributed by atoms with Crippen molar-refractivity contribution in [2.75, 3.05) is 12.8 Å². The molecule has 0 aromatic heterocycles. The summed E-state index contributed by atoms with van der Waals surface area (Å²) in [5.41, 5.74) is 4.68. The number of nitrogens with zero attached hydrogens (tertiary/aromatic N) is 1. The van der Waals surface area contributed by atoms with Crippen molar-refractivity contribution in [3.8, 4) is 0 Å². The molecule has 1 aliphatic rings. The molecule has 20 heavy (non-hydrogen) atoms. The summed E-state index contributed by atoms with van der Waals surface area (Å²) in [6, 6.07) is 2.14. The average Bonchev–Trinajstić information content (AvgIpc) is 2.42. The van der Waals surface area contributed by atoms with Crippen LogP contribution >= 0.6 is 0 Å². The number of carbonyl (C=O) groups excluding carboxylic acids is 1. The Labute approximate surface area is 117 Å². The lowest BCUT2D eigenvalue weighted by Crippen LogP contribution is -2.39. The molecule has 0 heterocycles. The molecule has 3 nitrogen and oxygen atoms in total. The minimum absolute atomic E-state index is 0.00919. The first-order chi connectivity index (χ1) is 9.40. The van der Waals surface area contributed by atoms with Gasteiger partial charge in [0.2, 0.25) is 0 Å². The third-order valence-electron chi connectivity index (χ3n) is 4.10. The maximum atomic E-state index is 13.4. The minimum Gasteiger partial charge on any atom is -0.394 e. The molecule has 2 atom stereocenters. The van der Waals surface area contributed by atoms with Crippen molar-refractivity contribution in [3.05, 3.63) is 29.3 Å². The van der Waals surface area contributed by atoms with Crippen LogP contribution in [0.3, 0.4) is 0 Å². The quantitative estimate of drug-likeness (QED) is 0.847. The molecule has 1 fully saturated rings. The van der Waals surface area contributed by atoms with Gasteiger partial charge in [0.25, 0.3) is 5.91 Å². The predicted octanol–water partition coefficient (Wildman–Crippen LogP) is 3.20. The van der Waals surface area contributed by atoms with Crippen LogP contribution in [-0.4, -0.2) is 23.9 Å². The second kappa shape index (κ2) is 5.77. The van der Waals surface area contributed by atoms with Crippen molar-refractivity contribution in [2.24, 2.45) is 5.92 Å². The average molecular weight is 282 g/mol. The third kappa shape index (κ3) is 2.92. The van der Waals surface area contributed by atoms with Gasteiger partial charge in [0.1, 0.15) is 17.3 Å². The number of carbonyl (C=O) groups is 1. The van der Waals surface area contributed by atoms with E-state index in [1.54, 1.807) is 11.9 Å². The van der Waals surface area contributed by atoms with E-state index >= 15 is 0 Å². The smallest absolute Gasteiger partial charge is 0.254 e. The maximum absolute atomic E-state index is 13.4. The third-order valence-corrected chi connectivity index (χ3v) is 4.10. The van der Waals surface area contributed by atoms with Crippen LogP contribution in [-0.2, 0) is 0 Å². The number of anilines is 1. The molecule has 5 heteroatoms. The Morgan fingerprint density at radius 3 is 2.45 bits per heavy atom.